The molecule has 0 bridgehead atoms. The molecule has 160 valence electrons. The summed E-state index contributed by atoms with van der Waals surface area (Å²) in [6.45, 7) is 5.19. The molecule has 4 rings (SSSR count). The van der Waals surface area contributed by atoms with Crippen LogP contribution < -0.4 is 0 Å². The molecule has 3 fully saturated rings. The van der Waals surface area contributed by atoms with Crippen LogP contribution in [0.4, 0.5) is 4.39 Å². The van der Waals surface area contributed by atoms with E-state index in [9.17, 15) is 19.8 Å². The van der Waals surface area contributed by atoms with E-state index in [0.717, 1.165) is 5.57 Å². The van der Waals surface area contributed by atoms with Crippen LogP contribution in [0, 0.1) is 22.7 Å². The van der Waals surface area contributed by atoms with Gasteiger partial charge in [0.2, 0.25) is 0 Å². The Kier molecular flexibility index (Phi) is 4.55. The molecular formula is C23H31FO5. The second-order valence-corrected chi connectivity index (χ2v) is 9.91. The Morgan fingerprint density at radius 3 is 2.66 bits per heavy atom. The normalized spacial score (nSPS) is 49.7. The number of fused-ring (bicyclic) bond motifs is 5. The van der Waals surface area contributed by atoms with Crippen LogP contribution in [0.25, 0.3) is 0 Å². The van der Waals surface area contributed by atoms with Gasteiger partial charge in [0, 0.05) is 23.9 Å². The van der Waals surface area contributed by atoms with E-state index in [2.05, 4.69) is 0 Å². The van der Waals surface area contributed by atoms with E-state index in [4.69, 9.17) is 4.74 Å². The van der Waals surface area contributed by atoms with Crippen LogP contribution >= 0.6 is 0 Å². The first-order valence-corrected chi connectivity index (χ1v) is 10.6. The van der Waals surface area contributed by atoms with Gasteiger partial charge >= 0.3 is 0 Å². The molecule has 0 aromatic rings. The van der Waals surface area contributed by atoms with Gasteiger partial charge in [0.15, 0.2) is 17.2 Å². The SMILES string of the molecule is COC(C)C(=O)C1(O)CCC2C3CCC4=CC(=O)C=CC4(C)C3(F)C(O)CC21C. The Hall–Kier alpha value is -1.37. The summed E-state index contributed by atoms with van der Waals surface area (Å²) in [6.07, 6.45) is 4.21. The van der Waals surface area contributed by atoms with E-state index in [1.54, 1.807) is 19.9 Å². The van der Waals surface area contributed by atoms with Crippen molar-refractivity contribution >= 4 is 11.6 Å². The quantitative estimate of drug-likeness (QED) is 0.753. The van der Waals surface area contributed by atoms with Gasteiger partial charge in [-0.15, -0.1) is 0 Å². The topological polar surface area (TPSA) is 83.8 Å². The van der Waals surface area contributed by atoms with Crippen LogP contribution in [0.2, 0.25) is 0 Å². The van der Waals surface area contributed by atoms with Gasteiger partial charge in [-0.05, 0) is 64.0 Å². The molecular weight excluding hydrogens is 375 g/mol. The van der Waals surface area contributed by atoms with Crippen LogP contribution in [0.3, 0.4) is 0 Å². The summed E-state index contributed by atoms with van der Waals surface area (Å²) in [5.74, 6) is -1.28. The summed E-state index contributed by atoms with van der Waals surface area (Å²) in [5, 5.41) is 22.7. The first kappa shape index (κ1) is 20.9. The van der Waals surface area contributed by atoms with Crippen molar-refractivity contribution in [2.75, 3.05) is 7.11 Å². The lowest BCUT2D eigenvalue weighted by Crippen LogP contribution is -2.69. The number of hydrogen-bond donors (Lipinski definition) is 2. The molecule has 0 saturated heterocycles. The minimum Gasteiger partial charge on any atom is -0.390 e. The van der Waals surface area contributed by atoms with Crippen LogP contribution in [-0.4, -0.2) is 52.4 Å². The molecule has 0 amide bonds. The maximum atomic E-state index is 16.9. The summed E-state index contributed by atoms with van der Waals surface area (Å²) in [7, 11) is 1.43. The number of carbonyl (C=O) groups excluding carboxylic acids is 2. The van der Waals surface area contributed by atoms with Crippen molar-refractivity contribution < 1.29 is 28.9 Å². The van der Waals surface area contributed by atoms with Gasteiger partial charge in [0.25, 0.3) is 0 Å². The number of ether oxygens (including phenoxy) is 1. The summed E-state index contributed by atoms with van der Waals surface area (Å²) < 4.78 is 22.1. The molecule has 8 unspecified atom stereocenters. The highest BCUT2D eigenvalue weighted by Gasteiger charge is 2.74. The highest BCUT2D eigenvalue weighted by molar-refractivity contribution is 6.01. The number of aliphatic hydroxyl groups is 2. The Balaban J connectivity index is 1.78. The number of Topliss-reactive ketones (excluding diaryl/α,β-unsaturated/α-hetero) is 1. The van der Waals surface area contributed by atoms with Crippen LogP contribution in [0.15, 0.2) is 23.8 Å². The third kappa shape index (κ3) is 2.37. The number of allylic oxidation sites excluding steroid dienone is 4. The first-order chi connectivity index (χ1) is 13.5. The van der Waals surface area contributed by atoms with Gasteiger partial charge < -0.3 is 14.9 Å². The Bertz CT molecular complexity index is 820. The molecule has 3 saturated carbocycles. The summed E-state index contributed by atoms with van der Waals surface area (Å²) in [6, 6.07) is 0. The Morgan fingerprint density at radius 2 is 2.00 bits per heavy atom. The van der Waals surface area contributed by atoms with Gasteiger partial charge in [0.05, 0.1) is 6.10 Å². The molecule has 29 heavy (non-hydrogen) atoms. The minimum atomic E-state index is -1.94. The molecule has 0 spiro atoms. The minimum absolute atomic E-state index is 0.00595. The van der Waals surface area contributed by atoms with Crippen molar-refractivity contribution in [3.05, 3.63) is 23.8 Å². The van der Waals surface area contributed by atoms with Crippen molar-refractivity contribution in [1.29, 1.82) is 0 Å². The third-order valence-electron chi connectivity index (χ3n) is 8.92. The predicted molar refractivity (Wildman–Crippen MR) is 105 cm³/mol. The zero-order valence-corrected chi connectivity index (χ0v) is 17.6. The zero-order chi connectivity index (χ0) is 21.4. The fraction of sp³-hybridized carbons (Fsp3) is 0.739. The summed E-state index contributed by atoms with van der Waals surface area (Å²) in [5.41, 5.74) is -4.86. The Labute approximate surface area is 171 Å². The number of aliphatic hydroxyl groups excluding tert-OH is 1. The second-order valence-electron chi connectivity index (χ2n) is 9.91. The van der Waals surface area contributed by atoms with Crippen molar-refractivity contribution in [3.63, 3.8) is 0 Å². The zero-order valence-electron chi connectivity index (χ0n) is 17.6. The lowest BCUT2D eigenvalue weighted by molar-refractivity contribution is -0.218. The number of halogens is 1. The first-order valence-electron chi connectivity index (χ1n) is 10.6. The molecule has 0 radical (unpaired) electrons. The second kappa shape index (κ2) is 6.32. The van der Waals surface area contributed by atoms with Crippen molar-refractivity contribution in [2.45, 2.75) is 76.4 Å². The number of carbonyl (C=O) groups is 2. The van der Waals surface area contributed by atoms with Crippen LogP contribution in [0.5, 0.6) is 0 Å². The average Bonchev–Trinajstić information content (AvgIpc) is 2.94. The van der Waals surface area contributed by atoms with E-state index in [1.807, 2.05) is 6.92 Å². The van der Waals surface area contributed by atoms with Gasteiger partial charge in [-0.25, -0.2) is 4.39 Å². The van der Waals surface area contributed by atoms with Gasteiger partial charge in [0.1, 0.15) is 11.7 Å². The standard InChI is InChI=1S/C23H31FO5/c1-13(29-4)19(27)22(28)10-8-16-17-6-5-14-11-15(25)7-9-20(14,2)23(17,24)18(26)12-21(16,22)3/h7,9,11,13,16-18,26,28H,5-6,8,10,12H2,1-4H3. The van der Waals surface area contributed by atoms with Gasteiger partial charge in [-0.3, -0.25) is 9.59 Å². The van der Waals surface area contributed by atoms with E-state index < -0.39 is 46.0 Å². The van der Waals surface area contributed by atoms with Crippen molar-refractivity contribution in [1.82, 2.24) is 0 Å². The summed E-state index contributed by atoms with van der Waals surface area (Å²) in [4.78, 5) is 24.9. The molecule has 0 heterocycles. The number of hydrogen-bond acceptors (Lipinski definition) is 5. The predicted octanol–water partition coefficient (Wildman–Crippen LogP) is 2.69. The van der Waals surface area contributed by atoms with E-state index in [-0.39, 0.29) is 24.5 Å². The molecule has 5 nitrogen and oxygen atoms in total. The molecule has 0 aromatic carbocycles. The Morgan fingerprint density at radius 1 is 1.31 bits per heavy atom. The van der Waals surface area contributed by atoms with Crippen molar-refractivity contribution in [3.8, 4) is 0 Å². The van der Waals surface area contributed by atoms with E-state index in [0.29, 0.717) is 19.3 Å². The number of methoxy groups -OCH3 is 1. The van der Waals surface area contributed by atoms with E-state index in [1.165, 1.54) is 19.3 Å². The van der Waals surface area contributed by atoms with Crippen LogP contribution in [-0.2, 0) is 14.3 Å². The number of ketones is 2. The fourth-order valence-corrected chi connectivity index (χ4v) is 7.06. The molecule has 6 heteroatoms. The molecule has 0 aromatic heterocycles. The molecule has 8 atom stereocenters. The van der Waals surface area contributed by atoms with Gasteiger partial charge in [-0.2, -0.15) is 0 Å². The largest absolute Gasteiger partial charge is 0.390 e. The smallest absolute Gasteiger partial charge is 0.193 e. The highest BCUT2D eigenvalue weighted by atomic mass is 19.1. The fourth-order valence-electron chi connectivity index (χ4n) is 7.06. The average molecular weight is 406 g/mol. The highest BCUT2D eigenvalue weighted by Crippen LogP contribution is 2.69. The molecule has 0 aliphatic heterocycles. The number of rotatable bonds is 3. The lowest BCUT2D eigenvalue weighted by atomic mass is 9.44. The van der Waals surface area contributed by atoms with E-state index >= 15 is 4.39 Å². The number of alkyl halides is 1. The molecule has 4 aliphatic rings. The maximum absolute atomic E-state index is 16.9. The van der Waals surface area contributed by atoms with Crippen LogP contribution in [0.1, 0.15) is 52.9 Å². The monoisotopic (exact) mass is 406 g/mol. The molecule has 2 N–H and O–H groups in total. The lowest BCUT2D eigenvalue weighted by Gasteiger charge is -2.62. The third-order valence-corrected chi connectivity index (χ3v) is 8.92. The summed E-state index contributed by atoms with van der Waals surface area (Å²) >= 11 is 0. The van der Waals surface area contributed by atoms with Gasteiger partial charge in [-0.1, -0.05) is 18.6 Å². The van der Waals surface area contributed by atoms with Crippen molar-refractivity contribution in [2.24, 2.45) is 22.7 Å². The maximum Gasteiger partial charge on any atom is 0.193 e. The molecule has 4 aliphatic carbocycles.